The van der Waals surface area contributed by atoms with Crippen LogP contribution in [0.15, 0.2) is 18.3 Å². The molecule has 0 fully saturated rings. The first kappa shape index (κ1) is 7.28. The number of aromatic nitrogens is 3. The van der Waals surface area contributed by atoms with Crippen molar-refractivity contribution in [2.45, 2.75) is 13.3 Å². The van der Waals surface area contributed by atoms with E-state index in [1.165, 1.54) is 0 Å². The minimum Gasteiger partial charge on any atom is -0.250 e. The summed E-state index contributed by atoms with van der Waals surface area (Å²) in [4.78, 5) is 4.45. The molecular formula is C9H11N3. The summed E-state index contributed by atoms with van der Waals surface area (Å²) < 4.78 is 1.80. The molecule has 0 atom stereocenters. The summed E-state index contributed by atoms with van der Waals surface area (Å²) in [6.45, 7) is 2.10. The zero-order valence-electron chi connectivity index (χ0n) is 7.28. The third kappa shape index (κ3) is 0.978. The van der Waals surface area contributed by atoms with Crippen LogP contribution in [-0.4, -0.2) is 14.8 Å². The molecule has 0 aliphatic heterocycles. The third-order valence-corrected chi connectivity index (χ3v) is 2.00. The van der Waals surface area contributed by atoms with Crippen LogP contribution >= 0.6 is 0 Å². The van der Waals surface area contributed by atoms with Crippen molar-refractivity contribution in [2.75, 3.05) is 0 Å². The lowest BCUT2D eigenvalue weighted by Gasteiger charge is -1.96. The second-order valence-electron chi connectivity index (χ2n) is 2.84. The van der Waals surface area contributed by atoms with Crippen LogP contribution in [0, 0.1) is 0 Å². The summed E-state index contributed by atoms with van der Waals surface area (Å²) in [5.74, 6) is 0. The predicted octanol–water partition coefficient (Wildman–Crippen LogP) is 1.53. The number of fused-ring (bicyclic) bond motifs is 1. The summed E-state index contributed by atoms with van der Waals surface area (Å²) in [5.41, 5.74) is 2.08. The van der Waals surface area contributed by atoms with Crippen molar-refractivity contribution < 1.29 is 0 Å². The van der Waals surface area contributed by atoms with Gasteiger partial charge in [-0.1, -0.05) is 6.92 Å². The summed E-state index contributed by atoms with van der Waals surface area (Å²) in [5, 5.41) is 5.23. The monoisotopic (exact) mass is 161 g/mol. The summed E-state index contributed by atoms with van der Waals surface area (Å²) in [6, 6.07) is 4.11. The molecule has 2 heterocycles. The molecule has 0 aromatic carbocycles. The number of pyridine rings is 1. The molecule has 2 aromatic heterocycles. The Bertz CT molecular complexity index is 403. The quantitative estimate of drug-likeness (QED) is 0.635. The Morgan fingerprint density at radius 2 is 2.25 bits per heavy atom. The van der Waals surface area contributed by atoms with E-state index >= 15 is 0 Å². The Morgan fingerprint density at radius 1 is 1.42 bits per heavy atom. The SMILES string of the molecule is CCc1ccc2cnn(C)c2n1. The van der Waals surface area contributed by atoms with E-state index in [2.05, 4.69) is 23.1 Å². The van der Waals surface area contributed by atoms with Gasteiger partial charge >= 0.3 is 0 Å². The maximum Gasteiger partial charge on any atom is 0.157 e. The maximum atomic E-state index is 4.45. The van der Waals surface area contributed by atoms with Gasteiger partial charge in [0, 0.05) is 18.1 Å². The van der Waals surface area contributed by atoms with Gasteiger partial charge in [0.1, 0.15) is 0 Å². The van der Waals surface area contributed by atoms with Crippen LogP contribution in [0.25, 0.3) is 11.0 Å². The largest absolute Gasteiger partial charge is 0.250 e. The molecule has 12 heavy (non-hydrogen) atoms. The van der Waals surface area contributed by atoms with E-state index in [-0.39, 0.29) is 0 Å². The molecule has 2 rings (SSSR count). The van der Waals surface area contributed by atoms with Crippen LogP contribution in [0.2, 0.25) is 0 Å². The van der Waals surface area contributed by atoms with Crippen molar-refractivity contribution in [3.05, 3.63) is 24.0 Å². The van der Waals surface area contributed by atoms with E-state index in [1.54, 1.807) is 4.68 Å². The van der Waals surface area contributed by atoms with Gasteiger partial charge in [0.05, 0.1) is 6.20 Å². The van der Waals surface area contributed by atoms with Gasteiger partial charge in [0.2, 0.25) is 0 Å². The molecule has 0 bridgehead atoms. The van der Waals surface area contributed by atoms with Gasteiger partial charge < -0.3 is 0 Å². The number of hydrogen-bond acceptors (Lipinski definition) is 2. The topological polar surface area (TPSA) is 30.7 Å². The zero-order valence-corrected chi connectivity index (χ0v) is 7.28. The first-order chi connectivity index (χ1) is 5.81. The van der Waals surface area contributed by atoms with Crippen molar-refractivity contribution in [2.24, 2.45) is 7.05 Å². The van der Waals surface area contributed by atoms with Crippen LogP contribution in [-0.2, 0) is 13.5 Å². The number of aryl methyl sites for hydroxylation is 2. The van der Waals surface area contributed by atoms with E-state index in [0.717, 1.165) is 23.1 Å². The molecule has 2 aromatic rings. The number of hydrogen-bond donors (Lipinski definition) is 0. The lowest BCUT2D eigenvalue weighted by Crippen LogP contribution is -1.94. The highest BCUT2D eigenvalue weighted by molar-refractivity contribution is 5.74. The van der Waals surface area contributed by atoms with E-state index in [1.807, 2.05) is 19.3 Å². The molecule has 62 valence electrons. The lowest BCUT2D eigenvalue weighted by molar-refractivity contribution is 0.783. The summed E-state index contributed by atoms with van der Waals surface area (Å²) >= 11 is 0. The van der Waals surface area contributed by atoms with Gasteiger partial charge in [-0.2, -0.15) is 5.10 Å². The molecule has 0 amide bonds. The molecule has 3 nitrogen and oxygen atoms in total. The van der Waals surface area contributed by atoms with Crippen molar-refractivity contribution in [1.29, 1.82) is 0 Å². The maximum absolute atomic E-state index is 4.45. The van der Waals surface area contributed by atoms with Crippen LogP contribution in [0.5, 0.6) is 0 Å². The standard InChI is InChI=1S/C9H11N3/c1-3-8-5-4-7-6-10-12(2)9(7)11-8/h4-6H,3H2,1-2H3. The van der Waals surface area contributed by atoms with Crippen LogP contribution in [0.3, 0.4) is 0 Å². The summed E-state index contributed by atoms with van der Waals surface area (Å²) in [6.07, 6.45) is 2.81. The van der Waals surface area contributed by atoms with E-state index in [0.29, 0.717) is 0 Å². The molecule has 0 aliphatic rings. The molecular weight excluding hydrogens is 150 g/mol. The fourth-order valence-electron chi connectivity index (χ4n) is 1.26. The Kier molecular flexibility index (Phi) is 1.57. The van der Waals surface area contributed by atoms with Gasteiger partial charge in [-0.3, -0.25) is 4.68 Å². The Hall–Kier alpha value is -1.38. The summed E-state index contributed by atoms with van der Waals surface area (Å²) in [7, 11) is 1.91. The minimum absolute atomic E-state index is 0.967. The molecule has 0 saturated heterocycles. The smallest absolute Gasteiger partial charge is 0.157 e. The fraction of sp³-hybridized carbons (Fsp3) is 0.333. The highest BCUT2D eigenvalue weighted by atomic mass is 15.3. The van der Waals surface area contributed by atoms with Crippen LogP contribution in [0.1, 0.15) is 12.6 Å². The number of rotatable bonds is 1. The van der Waals surface area contributed by atoms with Crippen molar-refractivity contribution in [3.8, 4) is 0 Å². The zero-order chi connectivity index (χ0) is 8.55. The van der Waals surface area contributed by atoms with Crippen LogP contribution in [0.4, 0.5) is 0 Å². The normalized spacial score (nSPS) is 10.8. The van der Waals surface area contributed by atoms with E-state index in [9.17, 15) is 0 Å². The van der Waals surface area contributed by atoms with Crippen LogP contribution < -0.4 is 0 Å². The van der Waals surface area contributed by atoms with Crippen molar-refractivity contribution in [3.63, 3.8) is 0 Å². The predicted molar refractivity (Wildman–Crippen MR) is 47.9 cm³/mol. The Labute approximate surface area is 71.0 Å². The fourth-order valence-corrected chi connectivity index (χ4v) is 1.26. The molecule has 0 N–H and O–H groups in total. The third-order valence-electron chi connectivity index (χ3n) is 2.00. The molecule has 3 heteroatoms. The van der Waals surface area contributed by atoms with E-state index in [4.69, 9.17) is 0 Å². The average molecular weight is 161 g/mol. The van der Waals surface area contributed by atoms with Gasteiger partial charge in [0.15, 0.2) is 5.65 Å². The molecule has 0 radical (unpaired) electrons. The average Bonchev–Trinajstić information content (AvgIpc) is 2.47. The highest BCUT2D eigenvalue weighted by Crippen LogP contribution is 2.10. The second-order valence-corrected chi connectivity index (χ2v) is 2.84. The molecule has 0 unspecified atom stereocenters. The molecule has 0 spiro atoms. The first-order valence-corrected chi connectivity index (χ1v) is 4.09. The second kappa shape index (κ2) is 2.59. The molecule has 0 aliphatic carbocycles. The van der Waals surface area contributed by atoms with Crippen molar-refractivity contribution in [1.82, 2.24) is 14.8 Å². The van der Waals surface area contributed by atoms with Gasteiger partial charge in [-0.15, -0.1) is 0 Å². The minimum atomic E-state index is 0.967. The van der Waals surface area contributed by atoms with Crippen molar-refractivity contribution >= 4 is 11.0 Å². The molecule has 0 saturated carbocycles. The Balaban J connectivity index is 2.71. The van der Waals surface area contributed by atoms with Gasteiger partial charge in [-0.05, 0) is 18.6 Å². The van der Waals surface area contributed by atoms with E-state index < -0.39 is 0 Å². The van der Waals surface area contributed by atoms with Gasteiger partial charge in [0.25, 0.3) is 0 Å². The highest BCUT2D eigenvalue weighted by Gasteiger charge is 2.00. The van der Waals surface area contributed by atoms with Gasteiger partial charge in [-0.25, -0.2) is 4.98 Å². The Morgan fingerprint density at radius 3 is 3.00 bits per heavy atom. The first-order valence-electron chi connectivity index (χ1n) is 4.09. The lowest BCUT2D eigenvalue weighted by atomic mass is 10.2. The number of nitrogens with zero attached hydrogens (tertiary/aromatic N) is 3.